The predicted octanol–water partition coefficient (Wildman–Crippen LogP) is 4.40. The van der Waals surface area contributed by atoms with E-state index in [-0.39, 0.29) is 5.91 Å². The molecule has 0 unspecified atom stereocenters. The van der Waals surface area contributed by atoms with Gasteiger partial charge in [0.05, 0.1) is 5.56 Å². The predicted molar refractivity (Wildman–Crippen MR) is 91.7 cm³/mol. The van der Waals surface area contributed by atoms with Crippen molar-refractivity contribution in [2.75, 3.05) is 17.2 Å². The lowest BCUT2D eigenvalue weighted by Gasteiger charge is -2.23. The molecule has 0 saturated heterocycles. The summed E-state index contributed by atoms with van der Waals surface area (Å²) in [5, 5.41) is 0. The number of rotatable bonds is 4. The maximum absolute atomic E-state index is 12.9. The summed E-state index contributed by atoms with van der Waals surface area (Å²) >= 11 is 3.47. The van der Waals surface area contributed by atoms with Gasteiger partial charge in [0.15, 0.2) is 0 Å². The van der Waals surface area contributed by atoms with Crippen molar-refractivity contribution in [3.8, 4) is 0 Å². The topological polar surface area (TPSA) is 46.3 Å². The molecule has 0 aliphatic carbocycles. The van der Waals surface area contributed by atoms with Crippen molar-refractivity contribution in [2.45, 2.75) is 20.3 Å². The number of hydrogen-bond acceptors (Lipinski definition) is 2. The first-order chi connectivity index (χ1) is 10.0. The Morgan fingerprint density at radius 1 is 1.19 bits per heavy atom. The molecule has 0 aliphatic rings. The van der Waals surface area contributed by atoms with Gasteiger partial charge in [-0.3, -0.25) is 4.79 Å². The molecule has 110 valence electrons. The van der Waals surface area contributed by atoms with Crippen molar-refractivity contribution in [2.24, 2.45) is 0 Å². The summed E-state index contributed by atoms with van der Waals surface area (Å²) in [7, 11) is 0. The number of nitrogens with zero attached hydrogens (tertiary/aromatic N) is 1. The molecule has 2 rings (SSSR count). The number of benzene rings is 2. The average molecular weight is 347 g/mol. The molecule has 2 aromatic carbocycles. The first-order valence-corrected chi connectivity index (χ1v) is 7.75. The minimum absolute atomic E-state index is 0.00260. The second kappa shape index (κ2) is 6.76. The molecular formula is C17H19BrN2O. The number of nitrogen functional groups attached to an aromatic ring is 1. The lowest BCUT2D eigenvalue weighted by atomic mass is 10.1. The first kappa shape index (κ1) is 15.6. The van der Waals surface area contributed by atoms with E-state index in [1.807, 2.05) is 49.4 Å². The van der Waals surface area contributed by atoms with Gasteiger partial charge in [0.1, 0.15) is 0 Å². The van der Waals surface area contributed by atoms with E-state index in [2.05, 4.69) is 22.9 Å². The summed E-state index contributed by atoms with van der Waals surface area (Å²) in [4.78, 5) is 14.6. The van der Waals surface area contributed by atoms with Crippen LogP contribution in [0.25, 0.3) is 0 Å². The van der Waals surface area contributed by atoms with Gasteiger partial charge in [-0.05, 0) is 65.7 Å². The minimum Gasteiger partial charge on any atom is -0.399 e. The molecule has 21 heavy (non-hydrogen) atoms. The van der Waals surface area contributed by atoms with Crippen molar-refractivity contribution < 1.29 is 4.79 Å². The van der Waals surface area contributed by atoms with Crippen LogP contribution in [0.4, 0.5) is 11.4 Å². The molecular weight excluding hydrogens is 328 g/mol. The standard InChI is InChI=1S/C17H19BrN2O/c1-3-10-20(14-7-5-13(19)6-8-14)17(21)15-11-12(2)4-9-16(15)18/h4-9,11H,3,10,19H2,1-2H3. The molecule has 0 heterocycles. The van der Waals surface area contributed by atoms with Crippen LogP contribution in [0.1, 0.15) is 29.3 Å². The molecule has 3 nitrogen and oxygen atoms in total. The number of carbonyl (C=O) groups excluding carboxylic acids is 1. The van der Waals surface area contributed by atoms with E-state index in [1.54, 1.807) is 4.90 Å². The summed E-state index contributed by atoms with van der Waals surface area (Å²) in [5.74, 6) is -0.00260. The van der Waals surface area contributed by atoms with Gasteiger partial charge < -0.3 is 10.6 Å². The summed E-state index contributed by atoms with van der Waals surface area (Å²) in [5.41, 5.74) is 9.03. The number of hydrogen-bond donors (Lipinski definition) is 1. The van der Waals surface area contributed by atoms with Gasteiger partial charge in [-0.2, -0.15) is 0 Å². The number of carbonyl (C=O) groups is 1. The van der Waals surface area contributed by atoms with Crippen LogP contribution in [0.5, 0.6) is 0 Å². The van der Waals surface area contributed by atoms with Crippen molar-refractivity contribution in [3.63, 3.8) is 0 Å². The van der Waals surface area contributed by atoms with Crippen LogP contribution >= 0.6 is 15.9 Å². The Labute approximate surface area is 133 Å². The third-order valence-corrected chi connectivity index (χ3v) is 3.94. The van der Waals surface area contributed by atoms with Crippen LogP contribution in [-0.2, 0) is 0 Å². The van der Waals surface area contributed by atoms with Crippen molar-refractivity contribution in [1.82, 2.24) is 0 Å². The van der Waals surface area contributed by atoms with Gasteiger partial charge in [0.25, 0.3) is 5.91 Å². The fourth-order valence-corrected chi connectivity index (χ4v) is 2.59. The van der Waals surface area contributed by atoms with E-state index >= 15 is 0 Å². The molecule has 0 saturated carbocycles. The molecule has 0 spiro atoms. The van der Waals surface area contributed by atoms with Crippen LogP contribution in [0.15, 0.2) is 46.9 Å². The molecule has 0 fully saturated rings. The van der Waals surface area contributed by atoms with Gasteiger partial charge in [0, 0.05) is 22.4 Å². The number of halogens is 1. The third-order valence-electron chi connectivity index (χ3n) is 3.25. The maximum atomic E-state index is 12.9. The second-order valence-corrected chi connectivity index (χ2v) is 5.89. The Bertz CT molecular complexity index is 638. The van der Waals surface area contributed by atoms with Crippen molar-refractivity contribution >= 4 is 33.2 Å². The monoisotopic (exact) mass is 346 g/mol. The molecule has 0 aromatic heterocycles. The minimum atomic E-state index is -0.00260. The van der Waals surface area contributed by atoms with Crippen LogP contribution in [0.3, 0.4) is 0 Å². The Hall–Kier alpha value is -1.81. The lowest BCUT2D eigenvalue weighted by molar-refractivity contribution is 0.0986. The maximum Gasteiger partial charge on any atom is 0.259 e. The Morgan fingerprint density at radius 2 is 1.86 bits per heavy atom. The van der Waals surface area contributed by atoms with Crippen molar-refractivity contribution in [3.05, 3.63) is 58.1 Å². The Balaban J connectivity index is 2.39. The molecule has 2 aromatic rings. The molecule has 1 amide bonds. The van der Waals surface area contributed by atoms with E-state index in [0.29, 0.717) is 17.8 Å². The lowest BCUT2D eigenvalue weighted by Crippen LogP contribution is -2.32. The molecule has 2 N–H and O–H groups in total. The van der Waals surface area contributed by atoms with E-state index in [9.17, 15) is 4.79 Å². The zero-order chi connectivity index (χ0) is 15.4. The summed E-state index contributed by atoms with van der Waals surface area (Å²) < 4.78 is 0.814. The highest BCUT2D eigenvalue weighted by Gasteiger charge is 2.19. The largest absolute Gasteiger partial charge is 0.399 e. The Morgan fingerprint density at radius 3 is 2.48 bits per heavy atom. The number of aryl methyl sites for hydroxylation is 1. The van der Waals surface area contributed by atoms with E-state index in [1.165, 1.54) is 0 Å². The van der Waals surface area contributed by atoms with Gasteiger partial charge in [0.2, 0.25) is 0 Å². The Kier molecular flexibility index (Phi) is 5.02. The van der Waals surface area contributed by atoms with Crippen molar-refractivity contribution in [1.29, 1.82) is 0 Å². The molecule has 4 heteroatoms. The highest BCUT2D eigenvalue weighted by atomic mass is 79.9. The van der Waals surface area contributed by atoms with Gasteiger partial charge >= 0.3 is 0 Å². The van der Waals surface area contributed by atoms with Gasteiger partial charge in [-0.1, -0.05) is 18.6 Å². The zero-order valence-corrected chi connectivity index (χ0v) is 13.9. The zero-order valence-electron chi connectivity index (χ0n) is 12.3. The highest BCUT2D eigenvalue weighted by Crippen LogP contribution is 2.24. The summed E-state index contributed by atoms with van der Waals surface area (Å²) in [6.07, 6.45) is 0.888. The fraction of sp³-hybridized carbons (Fsp3) is 0.235. The first-order valence-electron chi connectivity index (χ1n) is 6.96. The summed E-state index contributed by atoms with van der Waals surface area (Å²) in [6, 6.07) is 13.2. The SMILES string of the molecule is CCCN(C(=O)c1cc(C)ccc1Br)c1ccc(N)cc1. The normalized spacial score (nSPS) is 10.4. The molecule has 0 atom stereocenters. The van der Waals surface area contributed by atoms with Gasteiger partial charge in [-0.25, -0.2) is 0 Å². The molecule has 0 radical (unpaired) electrons. The van der Waals surface area contributed by atoms with E-state index in [0.717, 1.165) is 22.1 Å². The van der Waals surface area contributed by atoms with E-state index < -0.39 is 0 Å². The molecule has 0 aliphatic heterocycles. The van der Waals surface area contributed by atoms with Crippen LogP contribution in [0, 0.1) is 6.92 Å². The fourth-order valence-electron chi connectivity index (χ4n) is 2.17. The number of amides is 1. The number of nitrogens with two attached hydrogens (primary N) is 1. The van der Waals surface area contributed by atoms with Crippen LogP contribution < -0.4 is 10.6 Å². The molecule has 0 bridgehead atoms. The summed E-state index contributed by atoms with van der Waals surface area (Å²) in [6.45, 7) is 4.71. The van der Waals surface area contributed by atoms with Crippen LogP contribution in [-0.4, -0.2) is 12.5 Å². The smallest absolute Gasteiger partial charge is 0.259 e. The van der Waals surface area contributed by atoms with E-state index in [4.69, 9.17) is 5.73 Å². The van der Waals surface area contributed by atoms with Crippen LogP contribution in [0.2, 0.25) is 0 Å². The average Bonchev–Trinajstić information content (AvgIpc) is 2.48. The highest BCUT2D eigenvalue weighted by molar-refractivity contribution is 9.10. The van der Waals surface area contributed by atoms with Gasteiger partial charge in [-0.15, -0.1) is 0 Å². The number of anilines is 2. The third kappa shape index (κ3) is 3.64. The second-order valence-electron chi connectivity index (χ2n) is 5.03. The quantitative estimate of drug-likeness (QED) is 0.834.